The number of hydrogen-bond donors (Lipinski definition) is 1. The molecule has 6 heteroatoms. The first kappa shape index (κ1) is 19.5. The zero-order valence-electron chi connectivity index (χ0n) is 15.6. The Morgan fingerprint density at radius 1 is 1.23 bits per heavy atom. The summed E-state index contributed by atoms with van der Waals surface area (Å²) < 4.78 is 37.5. The first-order chi connectivity index (χ1) is 12.3. The lowest BCUT2D eigenvalue weighted by Crippen LogP contribution is -2.52. The highest BCUT2D eigenvalue weighted by atomic mass is 19.2. The van der Waals surface area contributed by atoms with Crippen molar-refractivity contribution in [2.75, 3.05) is 32.9 Å². The van der Waals surface area contributed by atoms with Gasteiger partial charge in [0.25, 0.3) is 0 Å². The molecule has 1 aliphatic carbocycles. The van der Waals surface area contributed by atoms with Crippen molar-refractivity contribution in [1.82, 2.24) is 4.90 Å². The molecular formula is C20H29F2NO3. The van der Waals surface area contributed by atoms with E-state index < -0.39 is 17.2 Å². The smallest absolute Gasteiger partial charge is 0.162 e. The highest BCUT2D eigenvalue weighted by molar-refractivity contribution is 5.23. The van der Waals surface area contributed by atoms with Crippen LogP contribution in [0, 0.1) is 17.0 Å². The van der Waals surface area contributed by atoms with Crippen LogP contribution in [0.15, 0.2) is 18.2 Å². The second-order valence-corrected chi connectivity index (χ2v) is 8.51. The number of ether oxygens (including phenoxy) is 2. The van der Waals surface area contributed by atoms with Crippen molar-refractivity contribution < 1.29 is 23.4 Å². The number of nitrogens with zero attached hydrogens (tertiary/aromatic N) is 1. The minimum absolute atomic E-state index is 0.0210. The quantitative estimate of drug-likeness (QED) is 0.884. The average molecular weight is 369 g/mol. The van der Waals surface area contributed by atoms with Crippen LogP contribution in [0.3, 0.4) is 0 Å². The standard InChI is InChI=1S/C20H29F2NO3/c1-19(2)7-5-15(6-8-19)23-9-10-25-13-20(24,12-23)14-26-16-3-4-17(21)18(22)11-16/h3-4,11,15,24H,5-10,12-14H2,1-2H3/t20-/m1/s1. The Bertz CT molecular complexity index is 615. The van der Waals surface area contributed by atoms with Crippen LogP contribution in [0.1, 0.15) is 39.5 Å². The molecule has 26 heavy (non-hydrogen) atoms. The third-order valence-corrected chi connectivity index (χ3v) is 5.61. The molecule has 0 bridgehead atoms. The van der Waals surface area contributed by atoms with E-state index in [1.165, 1.54) is 18.9 Å². The maximum Gasteiger partial charge on any atom is 0.162 e. The lowest BCUT2D eigenvalue weighted by atomic mass is 9.75. The maximum atomic E-state index is 13.3. The first-order valence-corrected chi connectivity index (χ1v) is 9.38. The molecule has 2 aliphatic rings. The van der Waals surface area contributed by atoms with Crippen LogP contribution in [0.2, 0.25) is 0 Å². The summed E-state index contributed by atoms with van der Waals surface area (Å²) in [7, 11) is 0. The molecule has 3 rings (SSSR count). The van der Waals surface area contributed by atoms with Crippen LogP contribution in [-0.2, 0) is 4.74 Å². The van der Waals surface area contributed by atoms with Gasteiger partial charge in [-0.25, -0.2) is 8.78 Å². The average Bonchev–Trinajstić information content (AvgIpc) is 2.78. The van der Waals surface area contributed by atoms with Gasteiger partial charge >= 0.3 is 0 Å². The molecular weight excluding hydrogens is 340 g/mol. The van der Waals surface area contributed by atoms with Crippen molar-refractivity contribution in [3.63, 3.8) is 0 Å². The minimum Gasteiger partial charge on any atom is -0.490 e. The summed E-state index contributed by atoms with van der Waals surface area (Å²) in [5.74, 6) is -1.68. The fourth-order valence-electron chi connectivity index (χ4n) is 3.88. The molecule has 0 amide bonds. The summed E-state index contributed by atoms with van der Waals surface area (Å²) in [5.41, 5.74) is -0.779. The summed E-state index contributed by atoms with van der Waals surface area (Å²) in [5, 5.41) is 11.0. The van der Waals surface area contributed by atoms with E-state index in [1.807, 2.05) is 0 Å². The van der Waals surface area contributed by atoms with Crippen molar-refractivity contribution in [3.8, 4) is 5.75 Å². The summed E-state index contributed by atoms with van der Waals surface area (Å²) in [6.07, 6.45) is 4.60. The lowest BCUT2D eigenvalue weighted by molar-refractivity contribution is -0.0692. The Kier molecular flexibility index (Phi) is 5.85. The van der Waals surface area contributed by atoms with Gasteiger partial charge in [-0.15, -0.1) is 0 Å². The van der Waals surface area contributed by atoms with Crippen molar-refractivity contribution in [2.24, 2.45) is 5.41 Å². The Balaban J connectivity index is 1.61. The third kappa shape index (κ3) is 4.93. The van der Waals surface area contributed by atoms with Gasteiger partial charge in [-0.3, -0.25) is 4.90 Å². The SMILES string of the molecule is CC1(C)CCC(N2CCOC[C@@](O)(COc3ccc(F)c(F)c3)C2)CC1. The van der Waals surface area contributed by atoms with E-state index in [0.29, 0.717) is 24.6 Å². The Labute approximate surface area is 154 Å². The molecule has 1 saturated heterocycles. The third-order valence-electron chi connectivity index (χ3n) is 5.61. The Morgan fingerprint density at radius 2 is 1.96 bits per heavy atom. The first-order valence-electron chi connectivity index (χ1n) is 9.38. The second-order valence-electron chi connectivity index (χ2n) is 8.51. The van der Waals surface area contributed by atoms with E-state index in [2.05, 4.69) is 18.7 Å². The fraction of sp³-hybridized carbons (Fsp3) is 0.700. The molecule has 4 nitrogen and oxygen atoms in total. The second kappa shape index (κ2) is 7.79. The molecule has 0 spiro atoms. The summed E-state index contributed by atoms with van der Waals surface area (Å²) >= 11 is 0. The van der Waals surface area contributed by atoms with Crippen LogP contribution in [0.4, 0.5) is 8.78 Å². The lowest BCUT2D eigenvalue weighted by Gasteiger charge is -2.41. The zero-order chi connectivity index (χ0) is 18.8. The highest BCUT2D eigenvalue weighted by Gasteiger charge is 2.38. The van der Waals surface area contributed by atoms with E-state index in [0.717, 1.165) is 31.5 Å². The normalized spacial score (nSPS) is 27.9. The van der Waals surface area contributed by atoms with Gasteiger partial charge in [-0.05, 0) is 43.2 Å². The van der Waals surface area contributed by atoms with Crippen molar-refractivity contribution in [1.29, 1.82) is 0 Å². The molecule has 1 aromatic rings. The molecule has 1 atom stereocenters. The molecule has 0 unspecified atom stereocenters. The summed E-state index contributed by atoms with van der Waals surface area (Å²) in [6.45, 7) is 6.59. The zero-order valence-corrected chi connectivity index (χ0v) is 15.6. The predicted octanol–water partition coefficient (Wildman–Crippen LogP) is 3.38. The molecule has 1 aromatic carbocycles. The van der Waals surface area contributed by atoms with Gasteiger partial charge in [0.1, 0.15) is 18.0 Å². The van der Waals surface area contributed by atoms with Gasteiger partial charge in [0.05, 0.1) is 13.2 Å². The molecule has 0 aromatic heterocycles. The molecule has 2 fully saturated rings. The van der Waals surface area contributed by atoms with E-state index >= 15 is 0 Å². The molecule has 1 aliphatic heterocycles. The van der Waals surface area contributed by atoms with Crippen LogP contribution < -0.4 is 4.74 Å². The Hall–Kier alpha value is -1.24. The fourth-order valence-corrected chi connectivity index (χ4v) is 3.88. The molecule has 1 heterocycles. The number of benzene rings is 1. The van der Waals surface area contributed by atoms with Gasteiger partial charge in [-0.1, -0.05) is 13.8 Å². The Morgan fingerprint density at radius 3 is 2.65 bits per heavy atom. The van der Waals surface area contributed by atoms with Crippen molar-refractivity contribution >= 4 is 0 Å². The largest absolute Gasteiger partial charge is 0.490 e. The molecule has 0 radical (unpaired) electrons. The van der Waals surface area contributed by atoms with Crippen LogP contribution in [0.5, 0.6) is 5.75 Å². The van der Waals surface area contributed by atoms with Crippen LogP contribution >= 0.6 is 0 Å². The minimum atomic E-state index is -1.17. The van der Waals surface area contributed by atoms with Gasteiger partial charge in [0.2, 0.25) is 0 Å². The monoisotopic (exact) mass is 369 g/mol. The van der Waals surface area contributed by atoms with E-state index in [1.54, 1.807) is 0 Å². The number of hydrogen-bond acceptors (Lipinski definition) is 4. The van der Waals surface area contributed by atoms with Crippen molar-refractivity contribution in [2.45, 2.75) is 51.2 Å². The number of rotatable bonds is 4. The van der Waals surface area contributed by atoms with Crippen molar-refractivity contribution in [3.05, 3.63) is 29.8 Å². The van der Waals surface area contributed by atoms with E-state index in [-0.39, 0.29) is 19.0 Å². The topological polar surface area (TPSA) is 41.9 Å². The maximum absolute atomic E-state index is 13.3. The predicted molar refractivity (Wildman–Crippen MR) is 95.2 cm³/mol. The number of halogens is 2. The van der Waals surface area contributed by atoms with E-state index in [9.17, 15) is 13.9 Å². The van der Waals surface area contributed by atoms with Gasteiger partial charge < -0.3 is 14.6 Å². The summed E-state index contributed by atoms with van der Waals surface area (Å²) in [6, 6.07) is 3.82. The highest BCUT2D eigenvalue weighted by Crippen LogP contribution is 2.37. The molecule has 146 valence electrons. The van der Waals surface area contributed by atoms with Crippen LogP contribution in [0.25, 0.3) is 0 Å². The molecule has 1 N–H and O–H groups in total. The van der Waals surface area contributed by atoms with Gasteiger partial charge in [0, 0.05) is 25.2 Å². The van der Waals surface area contributed by atoms with Gasteiger partial charge in [0.15, 0.2) is 11.6 Å². The van der Waals surface area contributed by atoms with Gasteiger partial charge in [-0.2, -0.15) is 0 Å². The number of aliphatic hydroxyl groups is 1. The summed E-state index contributed by atoms with van der Waals surface area (Å²) in [4.78, 5) is 2.30. The molecule has 1 saturated carbocycles. The number of β-amino-alcohol motifs (C(OH)–C–C–N with tert-alkyl or cyclic N) is 1. The van der Waals surface area contributed by atoms with Crippen LogP contribution in [-0.4, -0.2) is 54.6 Å². The van der Waals surface area contributed by atoms with E-state index in [4.69, 9.17) is 9.47 Å².